The summed E-state index contributed by atoms with van der Waals surface area (Å²) in [5.41, 5.74) is 8.12. The molecular weight excluding hydrogens is 270 g/mol. The van der Waals surface area contributed by atoms with Crippen LogP contribution in [-0.4, -0.2) is 10.9 Å². The number of benzene rings is 1. The smallest absolute Gasteiger partial charge is 0.228 e. The normalized spacial score (nSPS) is 15.8. The van der Waals surface area contributed by atoms with Crippen LogP contribution >= 0.6 is 11.3 Å². The van der Waals surface area contributed by atoms with Crippen LogP contribution in [0.4, 0.5) is 5.13 Å². The van der Waals surface area contributed by atoms with Crippen LogP contribution in [0.1, 0.15) is 42.5 Å². The zero-order valence-corrected chi connectivity index (χ0v) is 11.9. The summed E-state index contributed by atoms with van der Waals surface area (Å²) in [6.45, 7) is 0. The van der Waals surface area contributed by atoms with Gasteiger partial charge in [-0.15, -0.1) is 11.3 Å². The van der Waals surface area contributed by atoms with Crippen molar-refractivity contribution in [2.24, 2.45) is 5.73 Å². The zero-order chi connectivity index (χ0) is 13.9. The van der Waals surface area contributed by atoms with E-state index in [9.17, 15) is 4.79 Å². The number of thiazole rings is 1. The van der Waals surface area contributed by atoms with Gasteiger partial charge in [-0.3, -0.25) is 4.79 Å². The summed E-state index contributed by atoms with van der Waals surface area (Å²) in [4.78, 5) is 16.4. The van der Waals surface area contributed by atoms with Gasteiger partial charge in [0.15, 0.2) is 5.13 Å². The van der Waals surface area contributed by atoms with E-state index >= 15 is 0 Å². The van der Waals surface area contributed by atoms with E-state index in [2.05, 4.69) is 10.3 Å². The van der Waals surface area contributed by atoms with Crippen molar-refractivity contribution in [2.45, 2.75) is 31.2 Å². The third-order valence-corrected chi connectivity index (χ3v) is 4.17. The number of aromatic nitrogens is 1. The van der Waals surface area contributed by atoms with E-state index in [1.54, 1.807) is 0 Å². The zero-order valence-electron chi connectivity index (χ0n) is 11.1. The number of hydrogen-bond acceptors (Lipinski definition) is 4. The van der Waals surface area contributed by atoms with Crippen molar-refractivity contribution < 1.29 is 4.79 Å². The van der Waals surface area contributed by atoms with Crippen LogP contribution < -0.4 is 11.1 Å². The lowest BCUT2D eigenvalue weighted by atomic mass is 10.0. The quantitative estimate of drug-likeness (QED) is 0.888. The Morgan fingerprint density at radius 3 is 2.85 bits per heavy atom. The maximum absolute atomic E-state index is 12.0. The third-order valence-electron chi connectivity index (χ3n) is 3.40. The maximum Gasteiger partial charge on any atom is 0.228 e. The topological polar surface area (TPSA) is 68.0 Å². The van der Waals surface area contributed by atoms with Crippen LogP contribution in [0.5, 0.6) is 0 Å². The van der Waals surface area contributed by atoms with Crippen molar-refractivity contribution in [3.05, 3.63) is 47.0 Å². The lowest BCUT2D eigenvalue weighted by molar-refractivity contribution is -0.116. The number of hydrogen-bond donors (Lipinski definition) is 2. The molecule has 3 rings (SSSR count). The molecule has 104 valence electrons. The van der Waals surface area contributed by atoms with Crippen LogP contribution in [0.3, 0.4) is 0 Å². The Balaban J connectivity index is 1.56. The van der Waals surface area contributed by atoms with Crippen molar-refractivity contribution in [3.8, 4) is 0 Å². The molecule has 0 saturated heterocycles. The first-order valence-corrected chi connectivity index (χ1v) is 7.66. The second-order valence-corrected chi connectivity index (χ2v) is 5.98. The molecule has 2 aromatic rings. The Bertz CT molecular complexity index is 592. The number of nitrogens with two attached hydrogens (primary N) is 1. The average Bonchev–Trinajstić information content (AvgIpc) is 3.20. The molecule has 1 aromatic carbocycles. The maximum atomic E-state index is 12.0. The summed E-state index contributed by atoms with van der Waals surface area (Å²) in [7, 11) is 0. The number of carbonyl (C=O) groups excluding carboxylic acids is 1. The van der Waals surface area contributed by atoms with Crippen molar-refractivity contribution >= 4 is 22.4 Å². The first kappa shape index (κ1) is 13.3. The highest BCUT2D eigenvalue weighted by Crippen LogP contribution is 2.40. The fraction of sp³-hybridized carbons (Fsp3) is 0.333. The predicted molar refractivity (Wildman–Crippen MR) is 80.7 cm³/mol. The fourth-order valence-corrected chi connectivity index (χ4v) is 2.91. The second kappa shape index (κ2) is 5.73. The molecule has 4 nitrogen and oxygen atoms in total. The van der Waals surface area contributed by atoms with Crippen molar-refractivity contribution in [2.75, 3.05) is 5.32 Å². The van der Waals surface area contributed by atoms with Gasteiger partial charge in [0.25, 0.3) is 0 Å². The lowest BCUT2D eigenvalue weighted by Gasteiger charge is -2.10. The highest BCUT2D eigenvalue weighted by atomic mass is 32.1. The van der Waals surface area contributed by atoms with E-state index in [0.717, 1.165) is 11.3 Å². The summed E-state index contributed by atoms with van der Waals surface area (Å²) in [5.74, 6) is 0.529. The van der Waals surface area contributed by atoms with Gasteiger partial charge in [0.2, 0.25) is 5.91 Å². The summed E-state index contributed by atoms with van der Waals surface area (Å²) < 4.78 is 0. The fourth-order valence-electron chi connectivity index (χ4n) is 2.10. The van der Waals surface area contributed by atoms with Crippen molar-refractivity contribution in [1.82, 2.24) is 4.98 Å². The monoisotopic (exact) mass is 287 g/mol. The van der Waals surface area contributed by atoms with Crippen LogP contribution in [0.15, 0.2) is 35.7 Å². The van der Waals surface area contributed by atoms with Gasteiger partial charge in [-0.05, 0) is 18.4 Å². The molecule has 1 unspecified atom stereocenters. The highest BCUT2D eigenvalue weighted by Gasteiger charge is 2.26. The minimum atomic E-state index is -0.279. The summed E-state index contributed by atoms with van der Waals surface area (Å²) in [6, 6.07) is 9.38. The number of anilines is 1. The van der Waals surface area contributed by atoms with Gasteiger partial charge in [-0.1, -0.05) is 30.3 Å². The molecule has 0 radical (unpaired) electrons. The number of nitrogens with zero attached hydrogens (tertiary/aromatic N) is 1. The lowest BCUT2D eigenvalue weighted by Crippen LogP contribution is -2.20. The van der Waals surface area contributed by atoms with Crippen LogP contribution in [0.25, 0.3) is 0 Å². The number of rotatable bonds is 5. The molecule has 1 fully saturated rings. The Morgan fingerprint density at radius 2 is 2.15 bits per heavy atom. The van der Waals surface area contributed by atoms with Crippen LogP contribution in [-0.2, 0) is 4.79 Å². The molecule has 1 aliphatic carbocycles. The van der Waals surface area contributed by atoms with E-state index in [1.165, 1.54) is 24.2 Å². The first-order chi connectivity index (χ1) is 9.72. The molecule has 0 bridgehead atoms. The van der Waals surface area contributed by atoms with Gasteiger partial charge in [-0.25, -0.2) is 4.98 Å². The molecule has 3 N–H and O–H groups in total. The minimum absolute atomic E-state index is 0.0851. The number of nitrogens with one attached hydrogen (secondary N) is 1. The van der Waals surface area contributed by atoms with Gasteiger partial charge in [0, 0.05) is 23.8 Å². The van der Waals surface area contributed by atoms with Gasteiger partial charge < -0.3 is 11.1 Å². The van der Waals surface area contributed by atoms with Gasteiger partial charge in [0.05, 0.1) is 5.69 Å². The van der Waals surface area contributed by atoms with E-state index in [4.69, 9.17) is 5.73 Å². The van der Waals surface area contributed by atoms with Crippen molar-refractivity contribution in [1.29, 1.82) is 0 Å². The Kier molecular flexibility index (Phi) is 3.80. The highest BCUT2D eigenvalue weighted by molar-refractivity contribution is 7.13. The molecule has 5 heteroatoms. The molecule has 1 heterocycles. The van der Waals surface area contributed by atoms with E-state index in [-0.39, 0.29) is 18.4 Å². The molecule has 1 saturated carbocycles. The molecule has 1 atom stereocenters. The van der Waals surface area contributed by atoms with E-state index in [0.29, 0.717) is 11.0 Å². The minimum Gasteiger partial charge on any atom is -0.324 e. The Morgan fingerprint density at radius 1 is 1.40 bits per heavy atom. The van der Waals surface area contributed by atoms with Crippen molar-refractivity contribution in [3.63, 3.8) is 0 Å². The molecular formula is C15H17N3OS. The van der Waals surface area contributed by atoms with Gasteiger partial charge in [-0.2, -0.15) is 0 Å². The molecule has 20 heavy (non-hydrogen) atoms. The number of amides is 1. The van der Waals surface area contributed by atoms with E-state index in [1.807, 2.05) is 35.7 Å². The predicted octanol–water partition coefficient (Wildman–Crippen LogP) is 3.05. The molecule has 0 aliphatic heterocycles. The summed E-state index contributed by atoms with van der Waals surface area (Å²) in [6.07, 6.45) is 2.70. The van der Waals surface area contributed by atoms with Gasteiger partial charge >= 0.3 is 0 Å². The molecule has 1 aliphatic rings. The molecule has 1 amide bonds. The van der Waals surface area contributed by atoms with E-state index < -0.39 is 0 Å². The standard InChI is InChI=1S/C15H17N3OS/c16-12(10-4-2-1-3-5-10)8-14(19)18-15-17-13(9-20-15)11-6-7-11/h1-5,9,11-12H,6-8,16H2,(H,17,18,19). The largest absolute Gasteiger partial charge is 0.324 e. The van der Waals surface area contributed by atoms with Crippen LogP contribution in [0.2, 0.25) is 0 Å². The average molecular weight is 287 g/mol. The summed E-state index contributed by atoms with van der Waals surface area (Å²) in [5, 5.41) is 5.54. The molecule has 0 spiro atoms. The molecule has 1 aromatic heterocycles. The third kappa shape index (κ3) is 3.23. The first-order valence-electron chi connectivity index (χ1n) is 6.78. The Labute approximate surface area is 122 Å². The summed E-state index contributed by atoms with van der Waals surface area (Å²) >= 11 is 1.49. The van der Waals surface area contributed by atoms with Crippen LogP contribution in [0, 0.1) is 0 Å². The van der Waals surface area contributed by atoms with Gasteiger partial charge in [0.1, 0.15) is 0 Å². The SMILES string of the molecule is NC(CC(=O)Nc1nc(C2CC2)cs1)c1ccccc1. The number of carbonyl (C=O) groups is 1. The Hall–Kier alpha value is -1.72. The second-order valence-electron chi connectivity index (χ2n) is 5.12.